The Morgan fingerprint density at radius 1 is 1.29 bits per heavy atom. The van der Waals surface area contributed by atoms with Crippen LogP contribution in [0.15, 0.2) is 0 Å². The molecule has 2 N–H and O–H groups in total. The van der Waals surface area contributed by atoms with E-state index in [9.17, 15) is 4.79 Å². The summed E-state index contributed by atoms with van der Waals surface area (Å²) < 4.78 is 4.84. The van der Waals surface area contributed by atoms with E-state index in [1.807, 2.05) is 0 Å². The number of rotatable bonds is 7. The molecule has 1 aliphatic rings. The van der Waals surface area contributed by atoms with Crippen LogP contribution in [-0.2, 0) is 14.4 Å². The van der Waals surface area contributed by atoms with Crippen molar-refractivity contribution in [3.8, 4) is 0 Å². The van der Waals surface area contributed by atoms with Gasteiger partial charge in [-0.25, -0.2) is 0 Å². The molecular formula is C12H24N2O3. The smallest absolute Gasteiger partial charge is 0.239 e. The number of methoxy groups -OCH3 is 1. The lowest BCUT2D eigenvalue weighted by molar-refractivity contribution is -0.128. The lowest BCUT2D eigenvalue weighted by Crippen LogP contribution is -2.47. The molecule has 0 heterocycles. The second kappa shape index (κ2) is 8.44. The van der Waals surface area contributed by atoms with Crippen LogP contribution in [0.4, 0.5) is 0 Å². The predicted octanol–water partition coefficient (Wildman–Crippen LogP) is 0.991. The van der Waals surface area contributed by atoms with Gasteiger partial charge in [-0.2, -0.15) is 5.48 Å². The van der Waals surface area contributed by atoms with Gasteiger partial charge < -0.3 is 10.1 Å². The second-order valence-corrected chi connectivity index (χ2v) is 4.52. The maximum atomic E-state index is 11.8. The Kier molecular flexibility index (Phi) is 7.16. The first-order valence-electron chi connectivity index (χ1n) is 6.40. The SMILES string of the molecule is COCCONC(C)C(=O)NC1CCCCC1. The van der Waals surface area contributed by atoms with Gasteiger partial charge in [0.25, 0.3) is 0 Å². The van der Waals surface area contributed by atoms with Crippen molar-refractivity contribution < 1.29 is 14.4 Å². The van der Waals surface area contributed by atoms with E-state index in [2.05, 4.69) is 10.8 Å². The van der Waals surface area contributed by atoms with Crippen LogP contribution in [0.25, 0.3) is 0 Å². The number of hydrogen-bond acceptors (Lipinski definition) is 4. The van der Waals surface area contributed by atoms with Gasteiger partial charge in [0.15, 0.2) is 0 Å². The van der Waals surface area contributed by atoms with E-state index < -0.39 is 0 Å². The Bertz CT molecular complexity index is 218. The monoisotopic (exact) mass is 244 g/mol. The lowest BCUT2D eigenvalue weighted by atomic mass is 9.95. The van der Waals surface area contributed by atoms with Gasteiger partial charge in [-0.05, 0) is 19.8 Å². The minimum absolute atomic E-state index is 0.00863. The number of carbonyl (C=O) groups is 1. The molecule has 1 amide bonds. The van der Waals surface area contributed by atoms with Crippen LogP contribution in [-0.4, -0.2) is 38.3 Å². The summed E-state index contributed by atoms with van der Waals surface area (Å²) in [5.41, 5.74) is 2.71. The van der Waals surface area contributed by atoms with Crippen LogP contribution in [0.5, 0.6) is 0 Å². The number of carbonyl (C=O) groups excluding carboxylic acids is 1. The number of nitrogens with one attached hydrogen (secondary N) is 2. The summed E-state index contributed by atoms with van der Waals surface area (Å²) in [6.07, 6.45) is 5.93. The van der Waals surface area contributed by atoms with Gasteiger partial charge >= 0.3 is 0 Å². The van der Waals surface area contributed by atoms with Crippen molar-refractivity contribution in [3.63, 3.8) is 0 Å². The van der Waals surface area contributed by atoms with Gasteiger partial charge in [-0.3, -0.25) is 9.63 Å². The average Bonchev–Trinajstić information content (AvgIpc) is 2.35. The number of hydroxylamine groups is 1. The maximum Gasteiger partial charge on any atom is 0.239 e. The highest BCUT2D eigenvalue weighted by atomic mass is 16.7. The fraction of sp³-hybridized carbons (Fsp3) is 0.917. The molecule has 1 fully saturated rings. The molecule has 5 nitrogen and oxygen atoms in total. The van der Waals surface area contributed by atoms with Gasteiger partial charge in [-0.1, -0.05) is 19.3 Å². The molecule has 0 saturated heterocycles. The van der Waals surface area contributed by atoms with Crippen molar-refractivity contribution in [3.05, 3.63) is 0 Å². The van der Waals surface area contributed by atoms with E-state index in [1.54, 1.807) is 14.0 Å². The first-order valence-corrected chi connectivity index (χ1v) is 6.40. The third-order valence-corrected chi connectivity index (χ3v) is 2.99. The summed E-state index contributed by atoms with van der Waals surface area (Å²) in [6, 6.07) is 0.0215. The van der Waals surface area contributed by atoms with E-state index in [0.29, 0.717) is 19.3 Å². The molecule has 1 saturated carbocycles. The molecule has 1 rings (SSSR count). The zero-order valence-electron chi connectivity index (χ0n) is 10.8. The molecule has 5 heteroatoms. The van der Waals surface area contributed by atoms with E-state index in [4.69, 9.17) is 9.57 Å². The fourth-order valence-corrected chi connectivity index (χ4v) is 1.94. The van der Waals surface area contributed by atoms with Crippen LogP contribution >= 0.6 is 0 Å². The highest BCUT2D eigenvalue weighted by Gasteiger charge is 2.19. The van der Waals surface area contributed by atoms with Crippen molar-refractivity contribution >= 4 is 5.91 Å². The van der Waals surface area contributed by atoms with Gasteiger partial charge in [0.2, 0.25) is 5.91 Å². The summed E-state index contributed by atoms with van der Waals surface area (Å²) in [5.74, 6) is 0.00863. The molecule has 0 aliphatic heterocycles. The van der Waals surface area contributed by atoms with Crippen molar-refractivity contribution in [2.75, 3.05) is 20.3 Å². The number of ether oxygens (including phenoxy) is 1. The number of hydrogen-bond donors (Lipinski definition) is 2. The van der Waals surface area contributed by atoms with Crippen LogP contribution in [0, 0.1) is 0 Å². The molecule has 0 aromatic carbocycles. The van der Waals surface area contributed by atoms with Crippen LogP contribution in [0.2, 0.25) is 0 Å². The molecule has 0 aromatic rings. The largest absolute Gasteiger partial charge is 0.382 e. The minimum Gasteiger partial charge on any atom is -0.382 e. The van der Waals surface area contributed by atoms with Crippen LogP contribution in [0.1, 0.15) is 39.0 Å². The van der Waals surface area contributed by atoms with Crippen molar-refractivity contribution in [2.24, 2.45) is 0 Å². The first-order chi connectivity index (χ1) is 8.24. The Labute approximate surface area is 103 Å². The van der Waals surface area contributed by atoms with E-state index in [1.165, 1.54) is 19.3 Å². The Morgan fingerprint density at radius 3 is 2.65 bits per heavy atom. The standard InChI is InChI=1S/C12H24N2O3/c1-10(14-17-9-8-16-2)12(15)13-11-6-4-3-5-7-11/h10-11,14H,3-9H2,1-2H3,(H,13,15). The predicted molar refractivity (Wildman–Crippen MR) is 65.4 cm³/mol. The fourth-order valence-electron chi connectivity index (χ4n) is 1.94. The zero-order chi connectivity index (χ0) is 12.5. The highest BCUT2D eigenvalue weighted by Crippen LogP contribution is 2.17. The zero-order valence-corrected chi connectivity index (χ0v) is 10.8. The maximum absolute atomic E-state index is 11.8. The second-order valence-electron chi connectivity index (χ2n) is 4.52. The third kappa shape index (κ3) is 6.00. The molecule has 17 heavy (non-hydrogen) atoms. The normalized spacial score (nSPS) is 18.9. The van der Waals surface area contributed by atoms with Gasteiger partial charge in [0.05, 0.1) is 13.2 Å². The van der Waals surface area contributed by atoms with Gasteiger partial charge in [0, 0.05) is 13.2 Å². The first kappa shape index (κ1) is 14.4. The van der Waals surface area contributed by atoms with Crippen molar-refractivity contribution in [2.45, 2.75) is 51.1 Å². The molecule has 0 aromatic heterocycles. The van der Waals surface area contributed by atoms with E-state index >= 15 is 0 Å². The highest BCUT2D eigenvalue weighted by molar-refractivity contribution is 5.81. The molecule has 100 valence electrons. The Morgan fingerprint density at radius 2 is 2.00 bits per heavy atom. The summed E-state index contributed by atoms with van der Waals surface area (Å²) >= 11 is 0. The molecular weight excluding hydrogens is 220 g/mol. The topological polar surface area (TPSA) is 59.6 Å². The lowest BCUT2D eigenvalue weighted by Gasteiger charge is -2.24. The van der Waals surface area contributed by atoms with E-state index in [-0.39, 0.29) is 11.9 Å². The van der Waals surface area contributed by atoms with Gasteiger partial charge in [0.1, 0.15) is 6.04 Å². The third-order valence-electron chi connectivity index (χ3n) is 2.99. The van der Waals surface area contributed by atoms with Crippen molar-refractivity contribution in [1.29, 1.82) is 0 Å². The Balaban J connectivity index is 2.12. The molecule has 1 atom stereocenters. The quantitative estimate of drug-likeness (QED) is 0.518. The summed E-state index contributed by atoms with van der Waals surface area (Å²) in [4.78, 5) is 16.9. The van der Waals surface area contributed by atoms with Crippen LogP contribution in [0.3, 0.4) is 0 Å². The molecule has 1 aliphatic carbocycles. The van der Waals surface area contributed by atoms with Crippen LogP contribution < -0.4 is 10.8 Å². The van der Waals surface area contributed by atoms with Crippen molar-refractivity contribution in [1.82, 2.24) is 10.8 Å². The summed E-state index contributed by atoms with van der Waals surface area (Å²) in [6.45, 7) is 2.76. The van der Waals surface area contributed by atoms with E-state index in [0.717, 1.165) is 12.8 Å². The Hall–Kier alpha value is -0.650. The van der Waals surface area contributed by atoms with Gasteiger partial charge in [-0.15, -0.1) is 0 Å². The molecule has 0 bridgehead atoms. The minimum atomic E-state index is -0.325. The summed E-state index contributed by atoms with van der Waals surface area (Å²) in [7, 11) is 1.61. The number of amides is 1. The average molecular weight is 244 g/mol. The molecule has 0 radical (unpaired) electrons. The molecule has 0 spiro atoms. The molecule has 1 unspecified atom stereocenters. The summed E-state index contributed by atoms with van der Waals surface area (Å²) in [5, 5.41) is 3.05.